The topological polar surface area (TPSA) is 38.3 Å². The Bertz CT molecular complexity index is 125. The van der Waals surface area contributed by atoms with Crippen LogP contribution in [0.3, 0.4) is 0 Å². The number of carbonyl (C=O) groups is 1. The van der Waals surface area contributed by atoms with E-state index in [0.717, 1.165) is 6.42 Å². The Hall–Kier alpha value is -0.570. The Kier molecular flexibility index (Phi) is 4.86. The minimum atomic E-state index is -0.179. The van der Waals surface area contributed by atoms with Crippen molar-refractivity contribution in [2.75, 3.05) is 14.2 Å². The molecule has 1 unspecified atom stereocenters. The molecule has 0 aromatic rings. The molecule has 11 heavy (non-hydrogen) atoms. The summed E-state index contributed by atoms with van der Waals surface area (Å²) in [5.74, 6) is 0.148. The van der Waals surface area contributed by atoms with Crippen molar-refractivity contribution in [3.05, 3.63) is 0 Å². The average Bonchev–Trinajstić information content (AvgIpc) is 2.05. The van der Waals surface area contributed by atoms with Gasteiger partial charge in [-0.15, -0.1) is 0 Å². The molecule has 0 aromatic carbocycles. The highest BCUT2D eigenvalue weighted by molar-refractivity contribution is 5.75. The number of rotatable bonds is 4. The van der Waals surface area contributed by atoms with Gasteiger partial charge in [0.1, 0.15) is 6.04 Å². The molecule has 0 rings (SSSR count). The lowest BCUT2D eigenvalue weighted by molar-refractivity contribution is -0.144. The molecule has 0 radical (unpaired) electrons. The molecule has 3 heteroatoms. The number of hydrogen-bond acceptors (Lipinski definition) is 3. The summed E-state index contributed by atoms with van der Waals surface area (Å²) >= 11 is 0. The molecule has 0 aliphatic carbocycles. The largest absolute Gasteiger partial charge is 0.468 e. The Labute approximate surface area is 68.1 Å². The van der Waals surface area contributed by atoms with E-state index >= 15 is 0 Å². The quantitative estimate of drug-likeness (QED) is 0.616. The minimum absolute atomic E-state index is 0.162. The van der Waals surface area contributed by atoms with E-state index < -0.39 is 0 Å². The van der Waals surface area contributed by atoms with Gasteiger partial charge in [0.25, 0.3) is 0 Å². The Morgan fingerprint density at radius 3 is 2.45 bits per heavy atom. The van der Waals surface area contributed by atoms with Gasteiger partial charge < -0.3 is 10.1 Å². The lowest BCUT2D eigenvalue weighted by Gasteiger charge is -2.19. The number of methoxy groups -OCH3 is 1. The summed E-state index contributed by atoms with van der Waals surface area (Å²) in [5.41, 5.74) is 0. The molecule has 66 valence electrons. The fourth-order valence-electron chi connectivity index (χ4n) is 0.997. The van der Waals surface area contributed by atoms with E-state index in [1.807, 2.05) is 6.92 Å². The summed E-state index contributed by atoms with van der Waals surface area (Å²) in [6.45, 7) is 4.08. The predicted molar refractivity (Wildman–Crippen MR) is 44.3 cm³/mol. The molecule has 0 aliphatic rings. The van der Waals surface area contributed by atoms with Gasteiger partial charge in [-0.3, -0.25) is 4.79 Å². The van der Waals surface area contributed by atoms with Crippen LogP contribution in [0.1, 0.15) is 20.3 Å². The summed E-state index contributed by atoms with van der Waals surface area (Å²) in [4.78, 5) is 11.1. The van der Waals surface area contributed by atoms with Crippen LogP contribution in [-0.4, -0.2) is 26.2 Å². The SMILES string of the molecule is CC[C@H](C)C(NC)C(=O)OC. The van der Waals surface area contributed by atoms with Crippen molar-refractivity contribution in [2.24, 2.45) is 5.92 Å². The lowest BCUT2D eigenvalue weighted by Crippen LogP contribution is -2.40. The first-order chi connectivity index (χ1) is 5.17. The van der Waals surface area contributed by atoms with Gasteiger partial charge in [0.15, 0.2) is 0 Å². The van der Waals surface area contributed by atoms with Crippen LogP contribution >= 0.6 is 0 Å². The smallest absolute Gasteiger partial charge is 0.323 e. The Morgan fingerprint density at radius 2 is 2.18 bits per heavy atom. The second-order valence-electron chi connectivity index (χ2n) is 2.68. The highest BCUT2D eigenvalue weighted by Crippen LogP contribution is 2.07. The molecule has 3 nitrogen and oxygen atoms in total. The van der Waals surface area contributed by atoms with E-state index in [1.165, 1.54) is 7.11 Å². The summed E-state index contributed by atoms with van der Waals surface area (Å²) in [6.07, 6.45) is 0.973. The zero-order chi connectivity index (χ0) is 8.85. The number of carbonyl (C=O) groups excluding carboxylic acids is 1. The maximum atomic E-state index is 11.1. The third kappa shape index (κ3) is 2.89. The number of nitrogens with one attached hydrogen (secondary N) is 1. The van der Waals surface area contributed by atoms with Crippen LogP contribution in [0.4, 0.5) is 0 Å². The first-order valence-electron chi connectivity index (χ1n) is 3.92. The molecule has 2 atom stereocenters. The highest BCUT2D eigenvalue weighted by Gasteiger charge is 2.22. The van der Waals surface area contributed by atoms with Crippen LogP contribution in [-0.2, 0) is 9.53 Å². The van der Waals surface area contributed by atoms with Gasteiger partial charge in [-0.1, -0.05) is 20.3 Å². The molecule has 0 heterocycles. The van der Waals surface area contributed by atoms with Crippen LogP contribution in [0.2, 0.25) is 0 Å². The molecule has 0 aliphatic heterocycles. The fourth-order valence-corrected chi connectivity index (χ4v) is 0.997. The summed E-state index contributed by atoms with van der Waals surface area (Å²) in [6, 6.07) is -0.162. The maximum Gasteiger partial charge on any atom is 0.323 e. The van der Waals surface area contributed by atoms with Crippen LogP contribution in [0, 0.1) is 5.92 Å². The molecular formula is C8H17NO2. The summed E-state index contributed by atoms with van der Waals surface area (Å²) in [5, 5.41) is 2.93. The average molecular weight is 159 g/mol. The van der Waals surface area contributed by atoms with Crippen LogP contribution in [0.15, 0.2) is 0 Å². The number of esters is 1. The molecule has 0 amide bonds. The van der Waals surface area contributed by atoms with Gasteiger partial charge in [0, 0.05) is 0 Å². The van der Waals surface area contributed by atoms with E-state index in [4.69, 9.17) is 0 Å². The zero-order valence-corrected chi connectivity index (χ0v) is 7.68. The van der Waals surface area contributed by atoms with E-state index in [-0.39, 0.29) is 12.0 Å². The zero-order valence-electron chi connectivity index (χ0n) is 7.68. The molecule has 0 aromatic heterocycles. The second kappa shape index (κ2) is 5.13. The molecule has 0 spiro atoms. The number of ether oxygens (including phenoxy) is 1. The third-order valence-electron chi connectivity index (χ3n) is 1.98. The summed E-state index contributed by atoms with van der Waals surface area (Å²) in [7, 11) is 3.18. The van der Waals surface area contributed by atoms with E-state index in [2.05, 4.69) is 17.0 Å². The van der Waals surface area contributed by atoms with E-state index in [0.29, 0.717) is 5.92 Å². The van der Waals surface area contributed by atoms with Gasteiger partial charge >= 0.3 is 5.97 Å². The predicted octanol–water partition coefficient (Wildman–Crippen LogP) is 0.793. The van der Waals surface area contributed by atoms with E-state index in [9.17, 15) is 4.79 Å². The van der Waals surface area contributed by atoms with Crippen molar-refractivity contribution >= 4 is 5.97 Å². The van der Waals surface area contributed by atoms with Crippen molar-refractivity contribution < 1.29 is 9.53 Å². The molecule has 0 bridgehead atoms. The molecular weight excluding hydrogens is 142 g/mol. The van der Waals surface area contributed by atoms with Gasteiger partial charge in [-0.2, -0.15) is 0 Å². The first kappa shape index (κ1) is 10.4. The lowest BCUT2D eigenvalue weighted by atomic mass is 10.00. The fraction of sp³-hybridized carbons (Fsp3) is 0.875. The van der Waals surface area contributed by atoms with Gasteiger partial charge in [-0.05, 0) is 13.0 Å². The Morgan fingerprint density at radius 1 is 1.64 bits per heavy atom. The molecule has 0 saturated heterocycles. The van der Waals surface area contributed by atoms with Crippen LogP contribution < -0.4 is 5.32 Å². The molecule has 0 fully saturated rings. The van der Waals surface area contributed by atoms with Gasteiger partial charge in [0.2, 0.25) is 0 Å². The number of hydrogen-bond donors (Lipinski definition) is 1. The Balaban J connectivity index is 4.03. The molecule has 1 N–H and O–H groups in total. The van der Waals surface area contributed by atoms with Crippen LogP contribution in [0.5, 0.6) is 0 Å². The normalized spacial score (nSPS) is 15.6. The maximum absolute atomic E-state index is 11.1. The van der Waals surface area contributed by atoms with Gasteiger partial charge in [-0.25, -0.2) is 0 Å². The van der Waals surface area contributed by atoms with Crippen LogP contribution in [0.25, 0.3) is 0 Å². The number of likely N-dealkylation sites (N-methyl/N-ethyl adjacent to an activating group) is 1. The summed E-state index contributed by atoms with van der Waals surface area (Å²) < 4.78 is 4.62. The third-order valence-corrected chi connectivity index (χ3v) is 1.98. The van der Waals surface area contributed by atoms with Crippen molar-refractivity contribution in [1.29, 1.82) is 0 Å². The van der Waals surface area contributed by atoms with Crippen molar-refractivity contribution in [3.8, 4) is 0 Å². The monoisotopic (exact) mass is 159 g/mol. The van der Waals surface area contributed by atoms with E-state index in [1.54, 1.807) is 7.05 Å². The van der Waals surface area contributed by atoms with Crippen molar-refractivity contribution in [3.63, 3.8) is 0 Å². The second-order valence-corrected chi connectivity index (χ2v) is 2.68. The minimum Gasteiger partial charge on any atom is -0.468 e. The van der Waals surface area contributed by atoms with Crippen molar-refractivity contribution in [2.45, 2.75) is 26.3 Å². The standard InChI is InChI=1S/C8H17NO2/c1-5-6(2)7(9-3)8(10)11-4/h6-7,9H,5H2,1-4H3/t6-,7?/m0/s1. The highest BCUT2D eigenvalue weighted by atomic mass is 16.5. The first-order valence-corrected chi connectivity index (χ1v) is 3.92. The molecule has 0 saturated carbocycles. The van der Waals surface area contributed by atoms with Gasteiger partial charge in [0.05, 0.1) is 7.11 Å². The van der Waals surface area contributed by atoms with Crippen molar-refractivity contribution in [1.82, 2.24) is 5.32 Å².